The molecule has 1 aromatic rings. The second-order valence-corrected chi connectivity index (χ2v) is 7.21. The maximum Gasteiger partial charge on any atom is 0.240 e. The van der Waals surface area contributed by atoms with Crippen LogP contribution in [0.5, 0.6) is 0 Å². The zero-order valence-electron chi connectivity index (χ0n) is 13.1. The van der Waals surface area contributed by atoms with Gasteiger partial charge in [0.05, 0.1) is 19.8 Å². The Hall–Kier alpha value is -1.02. The number of aryl methyl sites for hydroxylation is 1. The van der Waals surface area contributed by atoms with E-state index < -0.39 is 0 Å². The summed E-state index contributed by atoms with van der Waals surface area (Å²) in [6, 6.07) is 0.657. The van der Waals surface area contributed by atoms with Crippen molar-refractivity contribution in [3.8, 4) is 0 Å². The van der Waals surface area contributed by atoms with Crippen LogP contribution in [0, 0.1) is 6.92 Å². The number of morpholine rings is 1. The van der Waals surface area contributed by atoms with Crippen molar-refractivity contribution in [2.45, 2.75) is 25.8 Å². The molecule has 2 aliphatic heterocycles. The molecular formula is C15H24N4O2S. The molecule has 2 fully saturated rings. The smallest absolute Gasteiger partial charge is 0.240 e. The van der Waals surface area contributed by atoms with E-state index in [9.17, 15) is 4.79 Å². The highest BCUT2D eigenvalue weighted by Gasteiger charge is 2.26. The molecule has 0 radical (unpaired) electrons. The standard InChI is InChI=1S/C15H24N4O2S/c1-12-10-16-15(22-12)17-14(20)11-18-4-2-13(3-5-18)19-6-8-21-9-7-19/h10,13H,2-9,11H2,1H3,(H,16,17,20). The summed E-state index contributed by atoms with van der Waals surface area (Å²) in [7, 11) is 0. The van der Waals surface area contributed by atoms with E-state index in [4.69, 9.17) is 4.74 Å². The van der Waals surface area contributed by atoms with Gasteiger partial charge in [-0.15, -0.1) is 11.3 Å². The number of aromatic nitrogens is 1. The number of nitrogens with zero attached hydrogens (tertiary/aromatic N) is 3. The van der Waals surface area contributed by atoms with Crippen molar-refractivity contribution in [1.29, 1.82) is 0 Å². The van der Waals surface area contributed by atoms with E-state index in [2.05, 4.69) is 20.1 Å². The predicted molar refractivity (Wildman–Crippen MR) is 87.3 cm³/mol. The van der Waals surface area contributed by atoms with Crippen LogP contribution in [0.25, 0.3) is 0 Å². The molecule has 0 saturated carbocycles. The van der Waals surface area contributed by atoms with E-state index in [1.54, 1.807) is 6.20 Å². The van der Waals surface area contributed by atoms with Crippen molar-refractivity contribution in [1.82, 2.24) is 14.8 Å². The van der Waals surface area contributed by atoms with Crippen molar-refractivity contribution >= 4 is 22.4 Å². The Morgan fingerprint density at radius 3 is 2.73 bits per heavy atom. The molecule has 1 amide bonds. The SMILES string of the molecule is Cc1cnc(NC(=O)CN2CCC(N3CCOCC3)CC2)s1. The molecule has 6 nitrogen and oxygen atoms in total. The van der Waals surface area contributed by atoms with Crippen LogP contribution in [0.15, 0.2) is 6.20 Å². The number of rotatable bonds is 4. The van der Waals surface area contributed by atoms with Gasteiger partial charge in [0.15, 0.2) is 5.13 Å². The number of hydrogen-bond acceptors (Lipinski definition) is 6. The normalized spacial score (nSPS) is 21.9. The average Bonchev–Trinajstić information content (AvgIpc) is 2.94. The third kappa shape index (κ3) is 4.25. The van der Waals surface area contributed by atoms with E-state index in [1.165, 1.54) is 11.3 Å². The third-order valence-corrected chi connectivity index (χ3v) is 5.18. The molecule has 122 valence electrons. The summed E-state index contributed by atoms with van der Waals surface area (Å²) in [5.41, 5.74) is 0. The number of nitrogens with one attached hydrogen (secondary N) is 1. The first kappa shape index (κ1) is 15.9. The first-order chi connectivity index (χ1) is 10.7. The molecule has 0 atom stereocenters. The van der Waals surface area contributed by atoms with Crippen molar-refractivity contribution in [2.24, 2.45) is 0 Å². The molecule has 0 spiro atoms. The summed E-state index contributed by atoms with van der Waals surface area (Å²) < 4.78 is 5.41. The zero-order valence-corrected chi connectivity index (χ0v) is 13.9. The largest absolute Gasteiger partial charge is 0.379 e. The lowest BCUT2D eigenvalue weighted by Crippen LogP contribution is -2.50. The van der Waals surface area contributed by atoms with Crippen molar-refractivity contribution in [2.75, 3.05) is 51.3 Å². The first-order valence-electron chi connectivity index (χ1n) is 7.97. The van der Waals surface area contributed by atoms with Crippen molar-refractivity contribution in [3.63, 3.8) is 0 Å². The van der Waals surface area contributed by atoms with Crippen molar-refractivity contribution < 1.29 is 9.53 Å². The van der Waals surface area contributed by atoms with Gasteiger partial charge in [0.1, 0.15) is 0 Å². The number of carbonyl (C=O) groups excluding carboxylic acids is 1. The lowest BCUT2D eigenvalue weighted by atomic mass is 10.0. The van der Waals surface area contributed by atoms with Gasteiger partial charge in [-0.05, 0) is 19.8 Å². The number of piperidine rings is 1. The molecule has 3 rings (SSSR count). The van der Waals surface area contributed by atoms with Gasteiger partial charge in [-0.2, -0.15) is 0 Å². The summed E-state index contributed by atoms with van der Waals surface area (Å²) >= 11 is 1.52. The summed E-state index contributed by atoms with van der Waals surface area (Å²) in [5, 5.41) is 3.58. The Kier molecular flexibility index (Phi) is 5.41. The Labute approximate surface area is 135 Å². The third-order valence-electron chi connectivity index (χ3n) is 4.35. The van der Waals surface area contributed by atoms with Crippen molar-refractivity contribution in [3.05, 3.63) is 11.1 Å². The zero-order chi connectivity index (χ0) is 15.4. The van der Waals surface area contributed by atoms with Gasteiger partial charge in [0.2, 0.25) is 5.91 Å². The lowest BCUT2D eigenvalue weighted by molar-refractivity contribution is -0.117. The Balaban J connectivity index is 1.40. The number of hydrogen-bond donors (Lipinski definition) is 1. The molecule has 0 bridgehead atoms. The molecule has 1 aromatic heterocycles. The highest BCUT2D eigenvalue weighted by atomic mass is 32.1. The number of carbonyl (C=O) groups is 1. The van der Waals surface area contributed by atoms with Gasteiger partial charge in [-0.25, -0.2) is 4.98 Å². The van der Waals surface area contributed by atoms with E-state index in [1.807, 2.05) is 6.92 Å². The molecule has 2 saturated heterocycles. The second kappa shape index (κ2) is 7.50. The minimum absolute atomic E-state index is 0.0409. The number of ether oxygens (including phenoxy) is 1. The van der Waals surface area contributed by atoms with Crippen LogP contribution >= 0.6 is 11.3 Å². The molecular weight excluding hydrogens is 300 g/mol. The number of anilines is 1. The van der Waals surface area contributed by atoms with Crippen LogP contribution in [-0.4, -0.2) is 72.7 Å². The maximum absolute atomic E-state index is 12.1. The highest BCUT2D eigenvalue weighted by Crippen LogP contribution is 2.19. The predicted octanol–water partition coefficient (Wildman–Crippen LogP) is 1.19. The van der Waals surface area contributed by atoms with Gasteiger partial charge >= 0.3 is 0 Å². The summed E-state index contributed by atoms with van der Waals surface area (Å²) in [6.45, 7) is 8.26. The van der Waals surface area contributed by atoms with Gasteiger partial charge in [-0.1, -0.05) is 0 Å². The Morgan fingerprint density at radius 2 is 2.09 bits per heavy atom. The average molecular weight is 324 g/mol. The second-order valence-electron chi connectivity index (χ2n) is 5.98. The summed E-state index contributed by atoms with van der Waals surface area (Å²) in [6.07, 6.45) is 4.07. The fourth-order valence-electron chi connectivity index (χ4n) is 3.16. The fraction of sp³-hybridized carbons (Fsp3) is 0.733. The van der Waals surface area contributed by atoms with Crippen LogP contribution in [0.1, 0.15) is 17.7 Å². The van der Waals surface area contributed by atoms with Gasteiger partial charge in [-0.3, -0.25) is 14.6 Å². The monoisotopic (exact) mass is 324 g/mol. The molecule has 3 heterocycles. The minimum atomic E-state index is 0.0409. The summed E-state index contributed by atoms with van der Waals surface area (Å²) in [4.78, 5) is 22.1. The van der Waals surface area contributed by atoms with Gasteiger partial charge < -0.3 is 10.1 Å². The fourth-order valence-corrected chi connectivity index (χ4v) is 3.84. The molecule has 22 heavy (non-hydrogen) atoms. The molecule has 0 unspecified atom stereocenters. The van der Waals surface area contributed by atoms with Crippen LogP contribution in [0.3, 0.4) is 0 Å². The molecule has 2 aliphatic rings. The van der Waals surface area contributed by atoms with Crippen LogP contribution in [-0.2, 0) is 9.53 Å². The minimum Gasteiger partial charge on any atom is -0.379 e. The quantitative estimate of drug-likeness (QED) is 0.901. The van der Waals surface area contributed by atoms with Gasteiger partial charge in [0.25, 0.3) is 0 Å². The number of likely N-dealkylation sites (tertiary alicyclic amines) is 1. The van der Waals surface area contributed by atoms with E-state index in [0.717, 1.165) is 57.1 Å². The number of thiazole rings is 1. The molecule has 0 aromatic carbocycles. The number of amides is 1. The summed E-state index contributed by atoms with van der Waals surface area (Å²) in [5.74, 6) is 0.0409. The molecule has 0 aliphatic carbocycles. The van der Waals surface area contributed by atoms with Crippen LogP contribution in [0.4, 0.5) is 5.13 Å². The van der Waals surface area contributed by atoms with Crippen LogP contribution in [0.2, 0.25) is 0 Å². The topological polar surface area (TPSA) is 57.7 Å². The van der Waals surface area contributed by atoms with Crippen LogP contribution < -0.4 is 5.32 Å². The van der Waals surface area contributed by atoms with E-state index in [0.29, 0.717) is 17.7 Å². The lowest BCUT2D eigenvalue weighted by Gasteiger charge is -2.39. The Bertz CT molecular complexity index is 493. The maximum atomic E-state index is 12.1. The Morgan fingerprint density at radius 1 is 1.36 bits per heavy atom. The van der Waals surface area contributed by atoms with Gasteiger partial charge in [0, 0.05) is 43.3 Å². The highest BCUT2D eigenvalue weighted by molar-refractivity contribution is 7.15. The van der Waals surface area contributed by atoms with E-state index >= 15 is 0 Å². The molecule has 7 heteroatoms. The molecule has 1 N–H and O–H groups in total. The van der Waals surface area contributed by atoms with E-state index in [-0.39, 0.29) is 5.91 Å². The first-order valence-corrected chi connectivity index (χ1v) is 8.79.